The van der Waals surface area contributed by atoms with Gasteiger partial charge in [-0.2, -0.15) is 0 Å². The van der Waals surface area contributed by atoms with Crippen LogP contribution in [-0.2, 0) is 0 Å². The quantitative estimate of drug-likeness (QED) is 0.651. The minimum atomic E-state index is 0.599. The maximum absolute atomic E-state index is 2.36. The number of hydrogen-bond donors (Lipinski definition) is 0. The molecule has 0 aliphatic carbocycles. The van der Waals surface area contributed by atoms with Gasteiger partial charge in [-0.25, -0.2) is 0 Å². The molecule has 0 aromatic heterocycles. The number of benzene rings is 1. The lowest BCUT2D eigenvalue weighted by molar-refractivity contribution is 0.462. The number of hydrogen-bond acceptors (Lipinski definition) is 1. The van der Waals surface area contributed by atoms with Crippen LogP contribution in [0.4, 0.5) is 5.69 Å². The molecule has 2 unspecified atom stereocenters. The van der Waals surface area contributed by atoms with Crippen LogP contribution in [0.2, 0.25) is 0 Å². The molecule has 1 heterocycles. The van der Waals surface area contributed by atoms with Crippen molar-refractivity contribution in [1.29, 1.82) is 0 Å². The second-order valence-corrected chi connectivity index (χ2v) is 4.08. The second-order valence-electron chi connectivity index (χ2n) is 4.08. The molecule has 2 atom stereocenters. The van der Waals surface area contributed by atoms with Gasteiger partial charge in [0.05, 0.1) is 0 Å². The van der Waals surface area contributed by atoms with Gasteiger partial charge in [-0.3, -0.25) is 0 Å². The minimum Gasteiger partial charge on any atom is -0.345 e. The summed E-state index contributed by atoms with van der Waals surface area (Å²) in [6.45, 7) is 4.60. The summed E-state index contributed by atoms with van der Waals surface area (Å²) in [6, 6.07) is 11.2. The Bertz CT molecular complexity index is 315. The molecule has 0 saturated carbocycles. The van der Waals surface area contributed by atoms with E-state index < -0.39 is 0 Å². The molecule has 0 radical (unpaired) electrons. The van der Waals surface area contributed by atoms with E-state index in [-0.39, 0.29) is 0 Å². The van der Waals surface area contributed by atoms with Crippen molar-refractivity contribution in [2.24, 2.45) is 5.92 Å². The Labute approximate surface area is 86.1 Å². The molecule has 0 bridgehead atoms. The number of anilines is 1. The summed E-state index contributed by atoms with van der Waals surface area (Å²) in [7, 11) is 0. The Kier molecular flexibility index (Phi) is 2.58. The topological polar surface area (TPSA) is 3.24 Å². The fourth-order valence-electron chi connectivity index (χ4n) is 1.92. The molecular formula is C13H17N. The van der Waals surface area contributed by atoms with Gasteiger partial charge in [-0.05, 0) is 31.4 Å². The normalized spacial score (nSPS) is 26.6. The van der Waals surface area contributed by atoms with Gasteiger partial charge in [0.25, 0.3) is 0 Å². The van der Waals surface area contributed by atoms with Crippen LogP contribution in [0.15, 0.2) is 42.6 Å². The van der Waals surface area contributed by atoms with Gasteiger partial charge < -0.3 is 4.90 Å². The SMILES string of the molecule is CC1CC=CN(c2ccccc2)C1C. The van der Waals surface area contributed by atoms with Crippen LogP contribution in [0.1, 0.15) is 20.3 Å². The van der Waals surface area contributed by atoms with Crippen LogP contribution in [-0.4, -0.2) is 6.04 Å². The van der Waals surface area contributed by atoms with Crippen molar-refractivity contribution in [2.75, 3.05) is 4.90 Å². The number of nitrogens with zero attached hydrogens (tertiary/aromatic N) is 1. The third kappa shape index (κ3) is 1.67. The summed E-state index contributed by atoms with van der Waals surface area (Å²) in [5.41, 5.74) is 1.29. The van der Waals surface area contributed by atoms with Gasteiger partial charge in [-0.1, -0.05) is 31.2 Å². The van der Waals surface area contributed by atoms with Crippen molar-refractivity contribution in [2.45, 2.75) is 26.3 Å². The molecule has 1 heteroatoms. The van der Waals surface area contributed by atoms with Crippen LogP contribution in [0.3, 0.4) is 0 Å². The van der Waals surface area contributed by atoms with E-state index in [1.807, 2.05) is 0 Å². The van der Waals surface area contributed by atoms with Crippen molar-refractivity contribution >= 4 is 5.69 Å². The number of rotatable bonds is 1. The van der Waals surface area contributed by atoms with Crippen LogP contribution in [0.25, 0.3) is 0 Å². The molecular weight excluding hydrogens is 170 g/mol. The Balaban J connectivity index is 2.26. The van der Waals surface area contributed by atoms with Gasteiger partial charge in [-0.15, -0.1) is 0 Å². The van der Waals surface area contributed by atoms with E-state index in [1.165, 1.54) is 12.1 Å². The standard InChI is InChI=1S/C13H17N/c1-11-7-6-10-14(12(11)2)13-8-4-3-5-9-13/h3-6,8-12H,7H2,1-2H3. The first-order valence-electron chi connectivity index (χ1n) is 5.29. The predicted molar refractivity (Wildman–Crippen MR) is 61.3 cm³/mol. The summed E-state index contributed by atoms with van der Waals surface area (Å²) in [5.74, 6) is 0.736. The third-order valence-electron chi connectivity index (χ3n) is 3.09. The molecule has 1 aromatic rings. The lowest BCUT2D eigenvalue weighted by Gasteiger charge is -2.35. The monoisotopic (exact) mass is 187 g/mol. The lowest BCUT2D eigenvalue weighted by atomic mass is 9.95. The fourth-order valence-corrected chi connectivity index (χ4v) is 1.92. The Morgan fingerprint density at radius 3 is 2.57 bits per heavy atom. The highest BCUT2D eigenvalue weighted by molar-refractivity contribution is 5.50. The van der Waals surface area contributed by atoms with E-state index in [9.17, 15) is 0 Å². The van der Waals surface area contributed by atoms with E-state index in [4.69, 9.17) is 0 Å². The fraction of sp³-hybridized carbons (Fsp3) is 0.385. The number of para-hydroxylation sites is 1. The van der Waals surface area contributed by atoms with E-state index >= 15 is 0 Å². The third-order valence-corrected chi connectivity index (χ3v) is 3.09. The largest absolute Gasteiger partial charge is 0.345 e. The van der Waals surface area contributed by atoms with Gasteiger partial charge >= 0.3 is 0 Å². The van der Waals surface area contributed by atoms with Gasteiger partial charge in [0, 0.05) is 17.9 Å². The molecule has 0 fully saturated rings. The summed E-state index contributed by atoms with van der Waals surface area (Å²) in [4.78, 5) is 2.36. The van der Waals surface area contributed by atoms with Crippen LogP contribution in [0.5, 0.6) is 0 Å². The van der Waals surface area contributed by atoms with Gasteiger partial charge in [0.2, 0.25) is 0 Å². The van der Waals surface area contributed by atoms with Crippen molar-refractivity contribution in [1.82, 2.24) is 0 Å². The Morgan fingerprint density at radius 2 is 1.86 bits per heavy atom. The van der Waals surface area contributed by atoms with E-state index in [1.54, 1.807) is 0 Å². The summed E-state index contributed by atoms with van der Waals surface area (Å²) in [5, 5.41) is 0. The predicted octanol–water partition coefficient (Wildman–Crippen LogP) is 3.44. The summed E-state index contributed by atoms with van der Waals surface area (Å²) >= 11 is 0. The maximum Gasteiger partial charge on any atom is 0.0408 e. The molecule has 1 aliphatic heterocycles. The highest BCUT2D eigenvalue weighted by atomic mass is 15.1. The van der Waals surface area contributed by atoms with Crippen molar-refractivity contribution in [3.8, 4) is 0 Å². The zero-order valence-corrected chi connectivity index (χ0v) is 8.85. The minimum absolute atomic E-state index is 0.599. The highest BCUT2D eigenvalue weighted by Gasteiger charge is 2.20. The van der Waals surface area contributed by atoms with Crippen LogP contribution in [0, 0.1) is 5.92 Å². The first kappa shape index (κ1) is 9.32. The molecule has 1 aliphatic rings. The molecule has 1 aromatic carbocycles. The first-order valence-corrected chi connectivity index (χ1v) is 5.29. The molecule has 74 valence electrons. The molecule has 1 nitrogen and oxygen atoms in total. The maximum atomic E-state index is 2.36. The lowest BCUT2D eigenvalue weighted by Crippen LogP contribution is -2.35. The average Bonchev–Trinajstić information content (AvgIpc) is 2.23. The van der Waals surface area contributed by atoms with Crippen molar-refractivity contribution in [3.05, 3.63) is 42.6 Å². The van der Waals surface area contributed by atoms with Crippen molar-refractivity contribution < 1.29 is 0 Å². The summed E-state index contributed by atoms with van der Waals surface area (Å²) in [6.07, 6.45) is 5.67. The molecule has 0 amide bonds. The smallest absolute Gasteiger partial charge is 0.0408 e. The van der Waals surface area contributed by atoms with Crippen molar-refractivity contribution in [3.63, 3.8) is 0 Å². The average molecular weight is 187 g/mol. The zero-order valence-electron chi connectivity index (χ0n) is 8.85. The van der Waals surface area contributed by atoms with Crippen LogP contribution < -0.4 is 4.90 Å². The molecule has 14 heavy (non-hydrogen) atoms. The Hall–Kier alpha value is -1.24. The second kappa shape index (κ2) is 3.87. The first-order chi connectivity index (χ1) is 6.79. The number of allylic oxidation sites excluding steroid dienone is 1. The molecule has 0 spiro atoms. The Morgan fingerprint density at radius 1 is 1.14 bits per heavy atom. The van der Waals surface area contributed by atoms with E-state index in [0.717, 1.165) is 5.92 Å². The van der Waals surface area contributed by atoms with E-state index in [2.05, 4.69) is 61.4 Å². The van der Waals surface area contributed by atoms with Crippen LogP contribution >= 0.6 is 0 Å². The zero-order chi connectivity index (χ0) is 9.97. The highest BCUT2D eigenvalue weighted by Crippen LogP contribution is 2.26. The molecule has 2 rings (SSSR count). The van der Waals surface area contributed by atoms with Gasteiger partial charge in [0.15, 0.2) is 0 Å². The van der Waals surface area contributed by atoms with Gasteiger partial charge in [0.1, 0.15) is 0 Å². The van der Waals surface area contributed by atoms with E-state index in [0.29, 0.717) is 6.04 Å². The molecule has 0 N–H and O–H groups in total. The summed E-state index contributed by atoms with van der Waals surface area (Å²) < 4.78 is 0. The molecule has 0 saturated heterocycles.